The molecule has 1 aromatic heterocycles. The number of benzene rings is 1. The lowest BCUT2D eigenvalue weighted by atomic mass is 9.84. The normalized spacial score (nSPS) is 18.4. The largest absolute Gasteiger partial charge is 0.497 e. The fourth-order valence-corrected chi connectivity index (χ4v) is 3.29. The van der Waals surface area contributed by atoms with E-state index in [-0.39, 0.29) is 0 Å². The second-order valence-electron chi connectivity index (χ2n) is 5.80. The lowest BCUT2D eigenvalue weighted by molar-refractivity contribution is 0.0661. The number of rotatable bonds is 3. The quantitative estimate of drug-likeness (QED) is 0.904. The molecule has 1 heterocycles. The van der Waals surface area contributed by atoms with Crippen LogP contribution in [0.2, 0.25) is 0 Å². The molecule has 3 heteroatoms. The van der Waals surface area contributed by atoms with E-state index in [2.05, 4.69) is 0 Å². The first-order chi connectivity index (χ1) is 9.70. The van der Waals surface area contributed by atoms with E-state index in [1.54, 1.807) is 7.11 Å². The molecule has 0 spiro atoms. The van der Waals surface area contributed by atoms with Gasteiger partial charge in [0.2, 0.25) is 0 Å². The smallest absolute Gasteiger partial charge is 0.136 e. The Morgan fingerprint density at radius 1 is 1.25 bits per heavy atom. The minimum absolute atomic E-state index is 0.338. The van der Waals surface area contributed by atoms with Crippen LogP contribution in [0.4, 0.5) is 0 Å². The highest BCUT2D eigenvalue weighted by Crippen LogP contribution is 2.39. The van der Waals surface area contributed by atoms with E-state index in [1.165, 1.54) is 19.3 Å². The summed E-state index contributed by atoms with van der Waals surface area (Å²) in [7, 11) is 1.66. The van der Waals surface area contributed by atoms with Crippen molar-refractivity contribution in [2.75, 3.05) is 7.11 Å². The standard InChI is InChI=1S/C17H22O3/c1-11-14-10-13(19-2)8-9-15(14)20-17(11)16(18)12-6-4-3-5-7-12/h8-10,12,16,18H,3-7H2,1-2H3. The van der Waals surface area contributed by atoms with E-state index < -0.39 is 6.10 Å². The van der Waals surface area contributed by atoms with Gasteiger partial charge in [-0.15, -0.1) is 0 Å². The lowest BCUT2D eigenvalue weighted by Crippen LogP contribution is -2.16. The predicted octanol–water partition coefficient (Wildman–Crippen LogP) is 4.36. The molecule has 1 saturated carbocycles. The van der Waals surface area contributed by atoms with Crippen molar-refractivity contribution in [2.45, 2.75) is 45.1 Å². The van der Waals surface area contributed by atoms with Crippen molar-refractivity contribution < 1.29 is 14.3 Å². The van der Waals surface area contributed by atoms with Crippen molar-refractivity contribution in [1.29, 1.82) is 0 Å². The number of methoxy groups -OCH3 is 1. The molecule has 1 aromatic carbocycles. The first-order valence-electron chi connectivity index (χ1n) is 7.46. The van der Waals surface area contributed by atoms with Crippen LogP contribution in [0.1, 0.15) is 49.5 Å². The molecule has 0 aliphatic heterocycles. The van der Waals surface area contributed by atoms with E-state index >= 15 is 0 Å². The fourth-order valence-electron chi connectivity index (χ4n) is 3.29. The highest BCUT2D eigenvalue weighted by atomic mass is 16.5. The van der Waals surface area contributed by atoms with Gasteiger partial charge in [-0.2, -0.15) is 0 Å². The van der Waals surface area contributed by atoms with Gasteiger partial charge in [-0.05, 0) is 43.9 Å². The van der Waals surface area contributed by atoms with Crippen molar-refractivity contribution in [3.63, 3.8) is 0 Å². The zero-order chi connectivity index (χ0) is 14.1. The maximum atomic E-state index is 10.6. The molecule has 3 nitrogen and oxygen atoms in total. The molecule has 1 fully saturated rings. The SMILES string of the molecule is COc1ccc2oc(C(O)C3CCCCC3)c(C)c2c1. The lowest BCUT2D eigenvalue weighted by Gasteiger charge is -2.25. The molecule has 0 saturated heterocycles. The van der Waals surface area contributed by atoms with Crippen molar-refractivity contribution in [3.8, 4) is 5.75 Å². The molecule has 2 aromatic rings. The summed E-state index contributed by atoms with van der Waals surface area (Å²) in [4.78, 5) is 0. The minimum atomic E-state index is -0.478. The molecule has 108 valence electrons. The number of hydrogen-bond acceptors (Lipinski definition) is 3. The highest BCUT2D eigenvalue weighted by molar-refractivity contribution is 5.83. The van der Waals surface area contributed by atoms with E-state index in [9.17, 15) is 5.11 Å². The zero-order valence-corrected chi connectivity index (χ0v) is 12.2. The molecule has 1 unspecified atom stereocenters. The number of aryl methyl sites for hydroxylation is 1. The molecule has 0 bridgehead atoms. The van der Waals surface area contributed by atoms with Crippen molar-refractivity contribution in [3.05, 3.63) is 29.5 Å². The number of fused-ring (bicyclic) bond motifs is 1. The third-order valence-electron chi connectivity index (χ3n) is 4.55. The van der Waals surface area contributed by atoms with Crippen molar-refractivity contribution >= 4 is 11.0 Å². The van der Waals surface area contributed by atoms with Crippen LogP contribution in [0.25, 0.3) is 11.0 Å². The van der Waals surface area contributed by atoms with Crippen LogP contribution in [0.3, 0.4) is 0 Å². The zero-order valence-electron chi connectivity index (χ0n) is 12.2. The first kappa shape index (κ1) is 13.5. The van der Waals surface area contributed by atoms with Crippen molar-refractivity contribution in [2.24, 2.45) is 5.92 Å². The average molecular weight is 274 g/mol. The Morgan fingerprint density at radius 2 is 2.00 bits per heavy atom. The topological polar surface area (TPSA) is 42.6 Å². The van der Waals surface area contributed by atoms with Crippen LogP contribution in [0.5, 0.6) is 5.75 Å². The summed E-state index contributed by atoms with van der Waals surface area (Å²) in [6.45, 7) is 2.02. The molecule has 1 aliphatic rings. The molecule has 1 aliphatic carbocycles. The molecule has 1 N–H and O–H groups in total. The molecule has 1 atom stereocenters. The van der Waals surface area contributed by atoms with Crippen LogP contribution in [-0.2, 0) is 0 Å². The van der Waals surface area contributed by atoms with E-state index in [4.69, 9.17) is 9.15 Å². The summed E-state index contributed by atoms with van der Waals surface area (Å²) in [6, 6.07) is 5.78. The van der Waals surface area contributed by atoms with Crippen molar-refractivity contribution in [1.82, 2.24) is 0 Å². The Bertz CT molecular complexity index is 594. The van der Waals surface area contributed by atoms with Gasteiger partial charge in [0, 0.05) is 10.9 Å². The monoisotopic (exact) mass is 274 g/mol. The predicted molar refractivity (Wildman–Crippen MR) is 79.0 cm³/mol. The Labute approximate surface area is 119 Å². The number of aliphatic hydroxyl groups excluding tert-OH is 1. The number of ether oxygens (including phenoxy) is 1. The van der Waals surface area contributed by atoms with Gasteiger partial charge in [-0.25, -0.2) is 0 Å². The van der Waals surface area contributed by atoms with Gasteiger partial charge < -0.3 is 14.3 Å². The van der Waals surface area contributed by atoms with Gasteiger partial charge in [0.05, 0.1) is 7.11 Å². The molecule has 20 heavy (non-hydrogen) atoms. The average Bonchev–Trinajstić information content (AvgIpc) is 2.84. The second kappa shape index (κ2) is 5.49. The summed E-state index contributed by atoms with van der Waals surface area (Å²) in [5, 5.41) is 11.7. The van der Waals surface area contributed by atoms with Gasteiger partial charge in [-0.1, -0.05) is 19.3 Å². The first-order valence-corrected chi connectivity index (χ1v) is 7.46. The third-order valence-corrected chi connectivity index (χ3v) is 4.55. The molecule has 0 amide bonds. The molecule has 0 radical (unpaired) electrons. The third kappa shape index (κ3) is 2.31. The summed E-state index contributed by atoms with van der Waals surface area (Å²) < 4.78 is 11.2. The van der Waals surface area contributed by atoms with E-state index in [0.29, 0.717) is 5.92 Å². The van der Waals surface area contributed by atoms with Gasteiger partial charge in [0.1, 0.15) is 23.2 Å². The van der Waals surface area contributed by atoms with Crippen LogP contribution >= 0.6 is 0 Å². The van der Waals surface area contributed by atoms with Crippen LogP contribution in [0.15, 0.2) is 22.6 Å². The molecule has 3 rings (SSSR count). The van der Waals surface area contributed by atoms with Crippen LogP contribution < -0.4 is 4.74 Å². The van der Waals surface area contributed by atoms with Gasteiger partial charge >= 0.3 is 0 Å². The van der Waals surface area contributed by atoms with Crippen LogP contribution in [0, 0.1) is 12.8 Å². The maximum absolute atomic E-state index is 10.6. The maximum Gasteiger partial charge on any atom is 0.136 e. The summed E-state index contributed by atoms with van der Waals surface area (Å²) >= 11 is 0. The fraction of sp³-hybridized carbons (Fsp3) is 0.529. The Balaban J connectivity index is 1.96. The molecular weight excluding hydrogens is 252 g/mol. The number of hydrogen-bond donors (Lipinski definition) is 1. The van der Waals surface area contributed by atoms with Gasteiger partial charge in [0.15, 0.2) is 0 Å². The summed E-state index contributed by atoms with van der Waals surface area (Å²) in [5.74, 6) is 1.89. The van der Waals surface area contributed by atoms with Crippen LogP contribution in [-0.4, -0.2) is 12.2 Å². The minimum Gasteiger partial charge on any atom is -0.497 e. The Morgan fingerprint density at radius 3 is 2.70 bits per heavy atom. The Kier molecular flexibility index (Phi) is 3.70. The van der Waals surface area contributed by atoms with E-state index in [1.807, 2.05) is 25.1 Å². The second-order valence-corrected chi connectivity index (χ2v) is 5.80. The number of furan rings is 1. The Hall–Kier alpha value is -1.48. The van der Waals surface area contributed by atoms with E-state index in [0.717, 1.165) is 40.9 Å². The summed E-state index contributed by atoms with van der Waals surface area (Å²) in [6.07, 6.45) is 5.44. The number of aliphatic hydroxyl groups is 1. The highest BCUT2D eigenvalue weighted by Gasteiger charge is 2.27. The van der Waals surface area contributed by atoms with Gasteiger partial charge in [0.25, 0.3) is 0 Å². The molecular formula is C17H22O3. The van der Waals surface area contributed by atoms with Gasteiger partial charge in [-0.3, -0.25) is 0 Å². The summed E-state index contributed by atoms with van der Waals surface area (Å²) in [5.41, 5.74) is 1.87.